The number of likely N-dealkylation sites (tertiary alicyclic amines) is 1. The quantitative estimate of drug-likeness (QED) is 0.759. The third kappa shape index (κ3) is 3.16. The number of hydrogen-bond donors (Lipinski definition) is 0. The summed E-state index contributed by atoms with van der Waals surface area (Å²) in [5.41, 5.74) is 4.26. The maximum absolute atomic E-state index is 12.0. The lowest BCUT2D eigenvalue weighted by Crippen LogP contribution is -2.36. The fraction of sp³-hybridized carbons (Fsp3) is 0.438. The Balaban J connectivity index is 1.47. The zero-order valence-corrected chi connectivity index (χ0v) is 11.1. The van der Waals surface area contributed by atoms with Crippen LogP contribution in [0.25, 0.3) is 0 Å². The van der Waals surface area contributed by atoms with E-state index in [2.05, 4.69) is 0 Å². The van der Waals surface area contributed by atoms with Gasteiger partial charge in [-0.15, -0.1) is 0 Å². The van der Waals surface area contributed by atoms with E-state index in [1.807, 2.05) is 35.2 Å². The zero-order chi connectivity index (χ0) is 13.1. The van der Waals surface area contributed by atoms with Crippen LogP contribution in [0.2, 0.25) is 0 Å². The lowest BCUT2D eigenvalue weighted by atomic mass is 10.0. The molecule has 1 saturated heterocycles. The highest BCUT2D eigenvalue weighted by Crippen LogP contribution is 2.36. The predicted molar refractivity (Wildman–Crippen MR) is 73.7 cm³/mol. The van der Waals surface area contributed by atoms with Crippen LogP contribution in [0.4, 0.5) is 4.79 Å². The summed E-state index contributed by atoms with van der Waals surface area (Å²) in [5.74, 6) is 0. The normalized spacial score (nSPS) is 18.4. The molecule has 0 radical (unpaired) electrons. The summed E-state index contributed by atoms with van der Waals surface area (Å²) in [4.78, 5) is 13.8. The van der Waals surface area contributed by atoms with Gasteiger partial charge in [-0.1, -0.05) is 41.5 Å². The van der Waals surface area contributed by atoms with Gasteiger partial charge in [0.15, 0.2) is 0 Å². The molecule has 0 spiro atoms. The van der Waals surface area contributed by atoms with Crippen molar-refractivity contribution in [1.82, 2.24) is 4.90 Å². The van der Waals surface area contributed by atoms with Gasteiger partial charge in [0.05, 0.1) is 0 Å². The standard InChI is InChI=1S/C16H19NO2/c18-16(19-12-13-4-2-1-3-5-13)17-10-8-15(9-11-17)14-6-7-14/h1-5H,6-12H2. The van der Waals surface area contributed by atoms with Gasteiger partial charge >= 0.3 is 6.09 Å². The number of hydrogen-bond acceptors (Lipinski definition) is 2. The van der Waals surface area contributed by atoms with Gasteiger partial charge < -0.3 is 9.64 Å². The largest absolute Gasteiger partial charge is 0.445 e. The van der Waals surface area contributed by atoms with Crippen molar-refractivity contribution in [2.45, 2.75) is 32.3 Å². The highest BCUT2D eigenvalue weighted by Gasteiger charge is 2.24. The van der Waals surface area contributed by atoms with E-state index < -0.39 is 0 Å². The third-order valence-corrected chi connectivity index (χ3v) is 3.83. The van der Waals surface area contributed by atoms with Crippen LogP contribution in [0, 0.1) is 0 Å². The number of amides is 1. The van der Waals surface area contributed by atoms with Crippen molar-refractivity contribution in [3.63, 3.8) is 0 Å². The summed E-state index contributed by atoms with van der Waals surface area (Å²) < 4.78 is 5.35. The van der Waals surface area contributed by atoms with Gasteiger partial charge in [-0.05, 0) is 31.2 Å². The predicted octanol–water partition coefficient (Wildman–Crippen LogP) is 3.51. The molecule has 2 fully saturated rings. The first-order valence-electron chi connectivity index (χ1n) is 6.98. The summed E-state index contributed by atoms with van der Waals surface area (Å²) in [7, 11) is 0. The van der Waals surface area contributed by atoms with Crippen LogP contribution in [0.3, 0.4) is 0 Å². The molecule has 1 aliphatic carbocycles. The molecule has 2 aliphatic rings. The first-order chi connectivity index (χ1) is 9.33. The number of ether oxygens (including phenoxy) is 1. The van der Waals surface area contributed by atoms with Crippen LogP contribution >= 0.6 is 0 Å². The minimum atomic E-state index is -0.177. The monoisotopic (exact) mass is 257 g/mol. The number of carbonyl (C=O) groups is 1. The Hall–Kier alpha value is -1.77. The van der Waals surface area contributed by atoms with Crippen LogP contribution in [0.5, 0.6) is 0 Å². The third-order valence-electron chi connectivity index (χ3n) is 3.83. The second-order valence-electron chi connectivity index (χ2n) is 5.23. The number of allylic oxidation sites excluding steroid dienone is 1. The van der Waals surface area contributed by atoms with E-state index in [4.69, 9.17) is 4.74 Å². The molecule has 1 heterocycles. The molecule has 19 heavy (non-hydrogen) atoms. The van der Waals surface area contributed by atoms with E-state index in [0.717, 1.165) is 31.5 Å². The number of carbonyl (C=O) groups excluding carboxylic acids is 1. The number of rotatable bonds is 2. The fourth-order valence-electron chi connectivity index (χ4n) is 2.54. The van der Waals surface area contributed by atoms with Crippen LogP contribution in [-0.4, -0.2) is 24.1 Å². The maximum Gasteiger partial charge on any atom is 0.410 e. The maximum atomic E-state index is 12.0. The molecule has 1 amide bonds. The van der Waals surface area contributed by atoms with Crippen molar-refractivity contribution in [2.24, 2.45) is 0 Å². The lowest BCUT2D eigenvalue weighted by molar-refractivity contribution is 0.0935. The smallest absolute Gasteiger partial charge is 0.410 e. The van der Waals surface area contributed by atoms with Gasteiger partial charge in [-0.2, -0.15) is 0 Å². The van der Waals surface area contributed by atoms with Crippen LogP contribution in [-0.2, 0) is 11.3 Å². The molecule has 3 rings (SSSR count). The lowest BCUT2D eigenvalue weighted by Gasteiger charge is -2.27. The summed E-state index contributed by atoms with van der Waals surface area (Å²) in [6.07, 6.45) is 4.47. The molecule has 3 nitrogen and oxygen atoms in total. The first kappa shape index (κ1) is 12.3. The highest BCUT2D eigenvalue weighted by atomic mass is 16.6. The topological polar surface area (TPSA) is 29.5 Å². The van der Waals surface area contributed by atoms with Crippen molar-refractivity contribution in [1.29, 1.82) is 0 Å². The van der Waals surface area contributed by atoms with Gasteiger partial charge in [-0.3, -0.25) is 0 Å². The summed E-state index contributed by atoms with van der Waals surface area (Å²) in [6, 6.07) is 9.82. The Labute approximate surface area is 113 Å². The van der Waals surface area contributed by atoms with Crippen molar-refractivity contribution < 1.29 is 9.53 Å². The van der Waals surface area contributed by atoms with Crippen molar-refractivity contribution in [2.75, 3.05) is 13.1 Å². The molecular weight excluding hydrogens is 238 g/mol. The van der Waals surface area contributed by atoms with Gasteiger partial charge in [0.1, 0.15) is 6.61 Å². The summed E-state index contributed by atoms with van der Waals surface area (Å²) in [6.45, 7) is 1.99. The molecule has 100 valence electrons. The van der Waals surface area contributed by atoms with Gasteiger partial charge in [0.25, 0.3) is 0 Å². The first-order valence-corrected chi connectivity index (χ1v) is 6.98. The average Bonchev–Trinajstić information content (AvgIpc) is 3.31. The Morgan fingerprint density at radius 2 is 1.63 bits per heavy atom. The number of piperidine rings is 1. The second-order valence-corrected chi connectivity index (χ2v) is 5.23. The molecule has 1 aromatic rings. The minimum absolute atomic E-state index is 0.177. The second kappa shape index (κ2) is 5.47. The average molecular weight is 257 g/mol. The molecule has 3 heteroatoms. The molecule has 1 aliphatic heterocycles. The fourth-order valence-corrected chi connectivity index (χ4v) is 2.54. The van der Waals surface area contributed by atoms with Crippen molar-refractivity contribution in [3.05, 3.63) is 47.0 Å². The van der Waals surface area contributed by atoms with Crippen molar-refractivity contribution >= 4 is 6.09 Å². The van der Waals surface area contributed by atoms with Crippen LogP contribution < -0.4 is 0 Å². The molecule has 0 aromatic heterocycles. The molecule has 0 atom stereocenters. The molecule has 1 saturated carbocycles. The Bertz CT molecular complexity index is 477. The highest BCUT2D eigenvalue weighted by molar-refractivity contribution is 5.68. The van der Waals surface area contributed by atoms with E-state index in [-0.39, 0.29) is 6.09 Å². The Morgan fingerprint density at radius 3 is 2.26 bits per heavy atom. The van der Waals surface area contributed by atoms with Gasteiger partial charge in [-0.25, -0.2) is 4.79 Å². The van der Waals surface area contributed by atoms with E-state index in [0.29, 0.717) is 6.61 Å². The molecule has 0 bridgehead atoms. The molecule has 1 aromatic carbocycles. The zero-order valence-electron chi connectivity index (χ0n) is 11.1. The SMILES string of the molecule is O=C(OCc1ccccc1)N1CCC(=C2CC2)CC1. The van der Waals surface area contributed by atoms with E-state index in [1.165, 1.54) is 12.8 Å². The van der Waals surface area contributed by atoms with E-state index in [1.54, 1.807) is 11.1 Å². The Kier molecular flexibility index (Phi) is 3.53. The minimum Gasteiger partial charge on any atom is -0.445 e. The van der Waals surface area contributed by atoms with Crippen LogP contribution in [0.1, 0.15) is 31.2 Å². The van der Waals surface area contributed by atoms with Crippen molar-refractivity contribution in [3.8, 4) is 0 Å². The number of nitrogens with zero attached hydrogens (tertiary/aromatic N) is 1. The van der Waals surface area contributed by atoms with E-state index in [9.17, 15) is 4.79 Å². The number of benzene rings is 1. The Morgan fingerprint density at radius 1 is 1.00 bits per heavy atom. The van der Waals surface area contributed by atoms with E-state index >= 15 is 0 Å². The molecule has 0 N–H and O–H groups in total. The molecule has 0 unspecified atom stereocenters. The van der Waals surface area contributed by atoms with Gasteiger partial charge in [0.2, 0.25) is 0 Å². The van der Waals surface area contributed by atoms with Crippen LogP contribution in [0.15, 0.2) is 41.5 Å². The van der Waals surface area contributed by atoms with Gasteiger partial charge in [0, 0.05) is 13.1 Å². The molecular formula is C16H19NO2. The summed E-state index contributed by atoms with van der Waals surface area (Å²) >= 11 is 0. The summed E-state index contributed by atoms with van der Waals surface area (Å²) in [5, 5.41) is 0.